The highest BCUT2D eigenvalue weighted by Gasteiger charge is 2.40. The zero-order valence-corrected chi connectivity index (χ0v) is 9.51. The molecule has 0 spiro atoms. The fourth-order valence-corrected chi connectivity index (χ4v) is 3.44. The van der Waals surface area contributed by atoms with Gasteiger partial charge in [0.1, 0.15) is 5.78 Å². The van der Waals surface area contributed by atoms with E-state index in [2.05, 4.69) is 13.8 Å². The Kier molecular flexibility index (Phi) is 2.68. The maximum atomic E-state index is 11.5. The van der Waals surface area contributed by atoms with Gasteiger partial charge in [0, 0.05) is 12.8 Å². The van der Waals surface area contributed by atoms with Gasteiger partial charge < -0.3 is 0 Å². The Morgan fingerprint density at radius 2 is 1.86 bits per heavy atom. The van der Waals surface area contributed by atoms with Crippen LogP contribution < -0.4 is 0 Å². The molecule has 0 heterocycles. The molecule has 14 heavy (non-hydrogen) atoms. The number of hydrogen-bond donors (Lipinski definition) is 0. The molecule has 0 aromatic rings. The zero-order valence-electron chi connectivity index (χ0n) is 9.51. The Hall–Kier alpha value is -0.330. The molecule has 2 aliphatic carbocycles. The molecule has 1 atom stereocenters. The van der Waals surface area contributed by atoms with Crippen molar-refractivity contribution in [3.63, 3.8) is 0 Å². The molecule has 2 rings (SSSR count). The molecule has 0 N–H and O–H groups in total. The molecule has 1 nitrogen and oxygen atoms in total. The van der Waals surface area contributed by atoms with E-state index in [9.17, 15) is 4.79 Å². The van der Waals surface area contributed by atoms with Gasteiger partial charge in [-0.15, -0.1) is 0 Å². The van der Waals surface area contributed by atoms with Crippen LogP contribution in [0, 0.1) is 17.3 Å². The maximum absolute atomic E-state index is 11.5. The molecular weight excluding hydrogens is 172 g/mol. The van der Waals surface area contributed by atoms with Gasteiger partial charge in [0.05, 0.1) is 0 Å². The Bertz CT molecular complexity index is 223. The monoisotopic (exact) mass is 194 g/mol. The maximum Gasteiger partial charge on any atom is 0.133 e. The summed E-state index contributed by atoms with van der Waals surface area (Å²) in [6.07, 6.45) is 8.36. The molecule has 80 valence electrons. The number of carbonyl (C=O) groups is 1. The van der Waals surface area contributed by atoms with E-state index in [0.717, 1.165) is 25.2 Å². The van der Waals surface area contributed by atoms with Crippen molar-refractivity contribution in [1.29, 1.82) is 0 Å². The summed E-state index contributed by atoms with van der Waals surface area (Å²) < 4.78 is 0. The summed E-state index contributed by atoms with van der Waals surface area (Å²) in [5.74, 6) is 2.06. The average Bonchev–Trinajstić information content (AvgIpc) is 2.62. The van der Waals surface area contributed by atoms with Crippen molar-refractivity contribution in [3.8, 4) is 0 Å². The lowest BCUT2D eigenvalue weighted by Crippen LogP contribution is -2.36. The smallest absolute Gasteiger partial charge is 0.133 e. The van der Waals surface area contributed by atoms with Gasteiger partial charge in [0.15, 0.2) is 0 Å². The van der Waals surface area contributed by atoms with E-state index in [4.69, 9.17) is 0 Å². The van der Waals surface area contributed by atoms with Crippen LogP contribution in [-0.2, 0) is 4.79 Å². The third kappa shape index (κ3) is 1.87. The minimum Gasteiger partial charge on any atom is -0.300 e. The van der Waals surface area contributed by atoms with Gasteiger partial charge in [-0.3, -0.25) is 4.79 Å². The highest BCUT2D eigenvalue weighted by molar-refractivity contribution is 5.79. The fraction of sp³-hybridized carbons (Fsp3) is 0.923. The van der Waals surface area contributed by atoms with Crippen molar-refractivity contribution in [2.24, 2.45) is 17.3 Å². The molecule has 1 unspecified atom stereocenters. The van der Waals surface area contributed by atoms with Crippen LogP contribution in [0.2, 0.25) is 0 Å². The molecule has 0 radical (unpaired) electrons. The van der Waals surface area contributed by atoms with Crippen LogP contribution in [0.1, 0.15) is 58.8 Å². The summed E-state index contributed by atoms with van der Waals surface area (Å²) in [6.45, 7) is 4.73. The van der Waals surface area contributed by atoms with Crippen LogP contribution in [-0.4, -0.2) is 5.78 Å². The van der Waals surface area contributed by atoms with Gasteiger partial charge in [-0.1, -0.05) is 39.5 Å². The molecule has 2 saturated carbocycles. The summed E-state index contributed by atoms with van der Waals surface area (Å²) in [4.78, 5) is 11.5. The summed E-state index contributed by atoms with van der Waals surface area (Å²) in [7, 11) is 0. The Labute approximate surface area is 87.3 Å². The third-order valence-corrected chi connectivity index (χ3v) is 4.47. The van der Waals surface area contributed by atoms with Gasteiger partial charge in [-0.05, 0) is 23.7 Å². The van der Waals surface area contributed by atoms with E-state index in [1.165, 1.54) is 25.7 Å². The number of ketones is 1. The first-order chi connectivity index (χ1) is 6.59. The van der Waals surface area contributed by atoms with Crippen molar-refractivity contribution in [2.45, 2.75) is 58.8 Å². The first-order valence-electron chi connectivity index (χ1n) is 6.11. The van der Waals surface area contributed by atoms with Crippen LogP contribution >= 0.6 is 0 Å². The van der Waals surface area contributed by atoms with Gasteiger partial charge in [0.2, 0.25) is 0 Å². The molecule has 0 aromatic heterocycles. The van der Waals surface area contributed by atoms with E-state index < -0.39 is 0 Å². The van der Waals surface area contributed by atoms with E-state index in [-0.39, 0.29) is 0 Å². The Morgan fingerprint density at radius 1 is 1.21 bits per heavy atom. The van der Waals surface area contributed by atoms with Gasteiger partial charge in [-0.2, -0.15) is 0 Å². The standard InChI is InChI=1S/C13H22O/c1-13(2)8-7-11(14)9-12(13)10-5-3-4-6-10/h10,12H,3-9H2,1-2H3. The fourth-order valence-electron chi connectivity index (χ4n) is 3.44. The van der Waals surface area contributed by atoms with E-state index in [0.29, 0.717) is 17.1 Å². The normalized spacial score (nSPS) is 33.6. The minimum atomic E-state index is 0.420. The molecule has 1 heteroatoms. The van der Waals surface area contributed by atoms with Gasteiger partial charge >= 0.3 is 0 Å². The summed E-state index contributed by atoms with van der Waals surface area (Å²) in [5.41, 5.74) is 0.420. The van der Waals surface area contributed by atoms with Gasteiger partial charge in [-0.25, -0.2) is 0 Å². The SMILES string of the molecule is CC1(C)CCC(=O)CC1C1CCCC1. The molecular formula is C13H22O. The Balaban J connectivity index is 2.08. The second kappa shape index (κ2) is 3.67. The predicted molar refractivity (Wildman–Crippen MR) is 58.1 cm³/mol. The van der Waals surface area contributed by atoms with Crippen LogP contribution in [0.15, 0.2) is 0 Å². The zero-order chi connectivity index (χ0) is 10.2. The lowest BCUT2D eigenvalue weighted by atomic mass is 9.63. The summed E-state index contributed by atoms with van der Waals surface area (Å²) in [6, 6.07) is 0. The van der Waals surface area contributed by atoms with E-state index in [1.807, 2.05) is 0 Å². The third-order valence-electron chi connectivity index (χ3n) is 4.47. The molecule has 0 aromatic carbocycles. The number of carbonyl (C=O) groups excluding carboxylic acids is 1. The van der Waals surface area contributed by atoms with Crippen molar-refractivity contribution < 1.29 is 4.79 Å². The van der Waals surface area contributed by atoms with E-state index in [1.54, 1.807) is 0 Å². The van der Waals surface area contributed by atoms with Crippen LogP contribution in [0.25, 0.3) is 0 Å². The number of hydrogen-bond acceptors (Lipinski definition) is 1. The van der Waals surface area contributed by atoms with Crippen LogP contribution in [0.3, 0.4) is 0 Å². The first kappa shape index (κ1) is 10.2. The average molecular weight is 194 g/mol. The van der Waals surface area contributed by atoms with Crippen molar-refractivity contribution >= 4 is 5.78 Å². The summed E-state index contributed by atoms with van der Waals surface area (Å²) in [5, 5.41) is 0. The molecule has 0 aliphatic heterocycles. The number of rotatable bonds is 1. The first-order valence-corrected chi connectivity index (χ1v) is 6.11. The largest absolute Gasteiger partial charge is 0.300 e. The van der Waals surface area contributed by atoms with Crippen LogP contribution in [0.4, 0.5) is 0 Å². The second-order valence-corrected chi connectivity index (χ2v) is 5.88. The summed E-state index contributed by atoms with van der Waals surface area (Å²) >= 11 is 0. The van der Waals surface area contributed by atoms with Gasteiger partial charge in [0.25, 0.3) is 0 Å². The topological polar surface area (TPSA) is 17.1 Å². The highest BCUT2D eigenvalue weighted by Crippen LogP contribution is 2.47. The van der Waals surface area contributed by atoms with Crippen molar-refractivity contribution in [1.82, 2.24) is 0 Å². The quantitative estimate of drug-likeness (QED) is 0.623. The number of Topliss-reactive ketones (excluding diaryl/α,β-unsaturated/α-hetero) is 1. The molecule has 0 bridgehead atoms. The molecule has 0 amide bonds. The lowest BCUT2D eigenvalue weighted by Gasteiger charge is -2.41. The highest BCUT2D eigenvalue weighted by atomic mass is 16.1. The molecule has 2 fully saturated rings. The predicted octanol–water partition coefficient (Wildman–Crippen LogP) is 3.57. The molecule has 2 aliphatic rings. The Morgan fingerprint density at radius 3 is 2.50 bits per heavy atom. The van der Waals surface area contributed by atoms with Crippen molar-refractivity contribution in [3.05, 3.63) is 0 Å². The second-order valence-electron chi connectivity index (χ2n) is 5.88. The van der Waals surface area contributed by atoms with E-state index >= 15 is 0 Å². The molecule has 0 saturated heterocycles. The van der Waals surface area contributed by atoms with Crippen molar-refractivity contribution in [2.75, 3.05) is 0 Å². The minimum absolute atomic E-state index is 0.420. The lowest BCUT2D eigenvalue weighted by molar-refractivity contribution is -0.125. The van der Waals surface area contributed by atoms with Crippen LogP contribution in [0.5, 0.6) is 0 Å².